The second-order valence-corrected chi connectivity index (χ2v) is 4.89. The minimum atomic E-state index is -0.175. The Hall–Kier alpha value is -1.40. The Kier molecular flexibility index (Phi) is 3.75. The first-order chi connectivity index (χ1) is 8.24. The van der Waals surface area contributed by atoms with E-state index in [9.17, 15) is 4.39 Å². The molecule has 1 aliphatic rings. The molecule has 1 aromatic carbocycles. The third-order valence-electron chi connectivity index (χ3n) is 3.39. The van der Waals surface area contributed by atoms with Gasteiger partial charge in [-0.25, -0.2) is 4.39 Å². The molecule has 0 heterocycles. The van der Waals surface area contributed by atoms with Gasteiger partial charge in [-0.3, -0.25) is 0 Å². The van der Waals surface area contributed by atoms with Gasteiger partial charge in [0.1, 0.15) is 5.82 Å². The van der Waals surface area contributed by atoms with Gasteiger partial charge in [-0.2, -0.15) is 5.26 Å². The van der Waals surface area contributed by atoms with Crippen molar-refractivity contribution in [2.24, 2.45) is 5.41 Å². The number of hydrogen-bond donors (Lipinski definition) is 1. The summed E-state index contributed by atoms with van der Waals surface area (Å²) in [6.45, 7) is 1.76. The van der Waals surface area contributed by atoms with Crippen LogP contribution >= 0.6 is 0 Å². The maximum absolute atomic E-state index is 12.9. The lowest BCUT2D eigenvalue weighted by Gasteiger charge is -2.12. The van der Waals surface area contributed by atoms with Crippen LogP contribution < -0.4 is 5.32 Å². The van der Waals surface area contributed by atoms with Gasteiger partial charge in [0.05, 0.1) is 6.07 Å². The van der Waals surface area contributed by atoms with Crippen molar-refractivity contribution in [3.05, 3.63) is 35.6 Å². The molecular weight excluding hydrogens is 215 g/mol. The predicted octanol–water partition coefficient (Wildman–Crippen LogP) is 2.65. The minimum Gasteiger partial charge on any atom is -0.316 e. The zero-order chi connectivity index (χ0) is 12.1. The van der Waals surface area contributed by atoms with E-state index in [1.54, 1.807) is 12.1 Å². The molecule has 3 heteroatoms. The van der Waals surface area contributed by atoms with Crippen molar-refractivity contribution >= 4 is 0 Å². The zero-order valence-electron chi connectivity index (χ0n) is 9.88. The van der Waals surface area contributed by atoms with E-state index < -0.39 is 0 Å². The fraction of sp³-hybridized carbons (Fsp3) is 0.500. The van der Waals surface area contributed by atoms with Crippen LogP contribution in [0.5, 0.6) is 0 Å². The molecule has 0 saturated heterocycles. The van der Waals surface area contributed by atoms with E-state index in [4.69, 9.17) is 5.26 Å². The van der Waals surface area contributed by atoms with E-state index in [2.05, 4.69) is 11.4 Å². The predicted molar refractivity (Wildman–Crippen MR) is 64.9 cm³/mol. The highest BCUT2D eigenvalue weighted by Crippen LogP contribution is 2.47. The Morgan fingerprint density at radius 1 is 1.41 bits per heavy atom. The van der Waals surface area contributed by atoms with Gasteiger partial charge in [0.15, 0.2) is 0 Å². The molecule has 0 amide bonds. The van der Waals surface area contributed by atoms with Crippen molar-refractivity contribution in [2.75, 3.05) is 13.1 Å². The molecule has 2 rings (SSSR count). The highest BCUT2D eigenvalue weighted by molar-refractivity contribution is 5.16. The van der Waals surface area contributed by atoms with Crippen LogP contribution in [0.3, 0.4) is 0 Å². The van der Waals surface area contributed by atoms with Crippen LogP contribution in [0.15, 0.2) is 24.3 Å². The van der Waals surface area contributed by atoms with Crippen molar-refractivity contribution in [3.63, 3.8) is 0 Å². The third kappa shape index (κ3) is 3.54. The molecule has 1 aromatic rings. The number of benzene rings is 1. The maximum Gasteiger partial charge on any atom is 0.123 e. The number of nitriles is 1. The van der Waals surface area contributed by atoms with Crippen molar-refractivity contribution in [1.29, 1.82) is 5.26 Å². The molecule has 0 unspecified atom stereocenters. The molecule has 0 atom stereocenters. The molecule has 0 radical (unpaired) electrons. The smallest absolute Gasteiger partial charge is 0.123 e. The Bertz CT molecular complexity index is 418. The standard InChI is InChI=1S/C14H17FN2/c15-13-3-1-2-12(10-13)4-9-17-11-14(5-6-14)7-8-16/h1-3,10,17H,4-7,9,11H2. The average Bonchev–Trinajstić information content (AvgIpc) is 3.06. The molecule has 1 saturated carbocycles. The van der Waals surface area contributed by atoms with E-state index in [0.717, 1.165) is 37.9 Å². The molecule has 1 fully saturated rings. The van der Waals surface area contributed by atoms with Crippen LogP contribution in [0.4, 0.5) is 4.39 Å². The van der Waals surface area contributed by atoms with Crippen molar-refractivity contribution in [3.8, 4) is 6.07 Å². The van der Waals surface area contributed by atoms with Gasteiger partial charge < -0.3 is 5.32 Å². The summed E-state index contributed by atoms with van der Waals surface area (Å²) in [5, 5.41) is 12.1. The van der Waals surface area contributed by atoms with E-state index in [0.29, 0.717) is 6.42 Å². The Labute approximate surface area is 101 Å². The monoisotopic (exact) mass is 232 g/mol. The summed E-state index contributed by atoms with van der Waals surface area (Å²) >= 11 is 0. The highest BCUT2D eigenvalue weighted by atomic mass is 19.1. The first-order valence-corrected chi connectivity index (χ1v) is 6.06. The first kappa shape index (κ1) is 12.1. The normalized spacial score (nSPS) is 16.5. The lowest BCUT2D eigenvalue weighted by molar-refractivity contribution is 0.469. The number of hydrogen-bond acceptors (Lipinski definition) is 2. The number of nitrogens with zero attached hydrogens (tertiary/aromatic N) is 1. The van der Waals surface area contributed by atoms with Crippen LogP contribution in [0.2, 0.25) is 0 Å². The summed E-state index contributed by atoms with van der Waals surface area (Å²) in [6.07, 6.45) is 3.81. The number of nitrogens with one attached hydrogen (secondary N) is 1. The summed E-state index contributed by atoms with van der Waals surface area (Å²) in [7, 11) is 0. The Balaban J connectivity index is 1.69. The molecular formula is C14H17FN2. The topological polar surface area (TPSA) is 35.8 Å². The summed E-state index contributed by atoms with van der Waals surface area (Å²) in [6, 6.07) is 8.96. The Morgan fingerprint density at radius 2 is 2.24 bits per heavy atom. The lowest BCUT2D eigenvalue weighted by Crippen LogP contribution is -2.25. The molecule has 0 aromatic heterocycles. The number of rotatable bonds is 6. The molecule has 1 aliphatic carbocycles. The van der Waals surface area contributed by atoms with Crippen LogP contribution in [-0.2, 0) is 6.42 Å². The van der Waals surface area contributed by atoms with Crippen LogP contribution in [0.25, 0.3) is 0 Å². The van der Waals surface area contributed by atoms with E-state index >= 15 is 0 Å². The van der Waals surface area contributed by atoms with Crippen LogP contribution in [0, 0.1) is 22.6 Å². The summed E-state index contributed by atoms with van der Waals surface area (Å²) in [5.41, 5.74) is 1.26. The molecule has 17 heavy (non-hydrogen) atoms. The molecule has 1 N–H and O–H groups in total. The average molecular weight is 232 g/mol. The first-order valence-electron chi connectivity index (χ1n) is 6.06. The second kappa shape index (κ2) is 5.29. The van der Waals surface area contributed by atoms with E-state index in [1.165, 1.54) is 6.07 Å². The van der Waals surface area contributed by atoms with Gasteiger partial charge in [0.25, 0.3) is 0 Å². The van der Waals surface area contributed by atoms with Gasteiger partial charge in [-0.1, -0.05) is 12.1 Å². The van der Waals surface area contributed by atoms with Crippen LogP contribution in [0.1, 0.15) is 24.8 Å². The van der Waals surface area contributed by atoms with Gasteiger partial charge in [-0.05, 0) is 48.9 Å². The van der Waals surface area contributed by atoms with Crippen molar-refractivity contribution < 1.29 is 4.39 Å². The summed E-state index contributed by atoms with van der Waals surface area (Å²) < 4.78 is 12.9. The number of halogens is 1. The van der Waals surface area contributed by atoms with Crippen molar-refractivity contribution in [1.82, 2.24) is 5.32 Å². The van der Waals surface area contributed by atoms with Gasteiger partial charge in [0.2, 0.25) is 0 Å². The molecule has 0 bridgehead atoms. The molecule has 2 nitrogen and oxygen atoms in total. The SMILES string of the molecule is N#CCC1(CNCCc2cccc(F)c2)CC1. The van der Waals surface area contributed by atoms with E-state index in [-0.39, 0.29) is 11.2 Å². The van der Waals surface area contributed by atoms with Gasteiger partial charge in [0, 0.05) is 13.0 Å². The molecule has 0 spiro atoms. The zero-order valence-corrected chi connectivity index (χ0v) is 9.88. The second-order valence-electron chi connectivity index (χ2n) is 4.89. The van der Waals surface area contributed by atoms with Crippen molar-refractivity contribution in [2.45, 2.75) is 25.7 Å². The third-order valence-corrected chi connectivity index (χ3v) is 3.39. The fourth-order valence-electron chi connectivity index (χ4n) is 2.04. The van der Waals surface area contributed by atoms with Gasteiger partial charge >= 0.3 is 0 Å². The van der Waals surface area contributed by atoms with Gasteiger partial charge in [-0.15, -0.1) is 0 Å². The minimum absolute atomic E-state index is 0.175. The van der Waals surface area contributed by atoms with Crippen LogP contribution in [-0.4, -0.2) is 13.1 Å². The van der Waals surface area contributed by atoms with E-state index in [1.807, 2.05) is 6.07 Å². The fourth-order valence-corrected chi connectivity index (χ4v) is 2.04. The molecule has 0 aliphatic heterocycles. The quantitative estimate of drug-likeness (QED) is 0.765. The lowest BCUT2D eigenvalue weighted by atomic mass is 10.0. The largest absolute Gasteiger partial charge is 0.316 e. The maximum atomic E-state index is 12.9. The highest BCUT2D eigenvalue weighted by Gasteiger charge is 2.41. The molecule has 90 valence electrons. The summed E-state index contributed by atoms with van der Waals surface area (Å²) in [5.74, 6) is -0.175. The Morgan fingerprint density at radius 3 is 2.88 bits per heavy atom. The summed E-state index contributed by atoms with van der Waals surface area (Å²) in [4.78, 5) is 0.